The zero-order chi connectivity index (χ0) is 15.7. The number of carboxylic acids is 1. The minimum Gasteiger partial charge on any atom is -0.477 e. The van der Waals surface area contributed by atoms with Gasteiger partial charge in [-0.1, -0.05) is 0 Å². The van der Waals surface area contributed by atoms with E-state index in [0.717, 1.165) is 11.5 Å². The van der Waals surface area contributed by atoms with Gasteiger partial charge in [-0.15, -0.1) is 0 Å². The minimum atomic E-state index is -5.30. The number of aromatic nitrogens is 1. The van der Waals surface area contributed by atoms with E-state index in [0.29, 0.717) is 0 Å². The standard InChI is InChI=1S/C8H3BrF3N3O5/c9-2-1-13-5(14-7(18)8(10,11)12)4(15(19)20)3(2)6(16)17/h1H,(H,16,17)(H,13,14,18). The molecule has 0 aromatic carbocycles. The lowest BCUT2D eigenvalue weighted by Gasteiger charge is -2.09. The lowest BCUT2D eigenvalue weighted by Crippen LogP contribution is -2.30. The average Bonchev–Trinajstić information content (AvgIpc) is 2.28. The molecule has 0 saturated heterocycles. The summed E-state index contributed by atoms with van der Waals surface area (Å²) in [5, 5.41) is 20.7. The number of amides is 1. The summed E-state index contributed by atoms with van der Waals surface area (Å²) in [5.74, 6) is -5.39. The van der Waals surface area contributed by atoms with E-state index in [-0.39, 0.29) is 4.47 Å². The van der Waals surface area contributed by atoms with Gasteiger partial charge in [-0.3, -0.25) is 20.2 Å². The van der Waals surface area contributed by atoms with Crippen LogP contribution in [0.5, 0.6) is 0 Å². The number of anilines is 1. The molecule has 12 heteroatoms. The Morgan fingerprint density at radius 1 is 1.45 bits per heavy atom. The molecule has 1 rings (SSSR count). The Morgan fingerprint density at radius 3 is 2.40 bits per heavy atom. The van der Waals surface area contributed by atoms with E-state index in [1.807, 2.05) is 0 Å². The Kier molecular flexibility index (Phi) is 4.27. The predicted octanol–water partition coefficient (Wildman–Crippen LogP) is 1.95. The van der Waals surface area contributed by atoms with Crippen LogP contribution in [0, 0.1) is 10.1 Å². The molecule has 8 nitrogen and oxygen atoms in total. The van der Waals surface area contributed by atoms with Crippen LogP contribution < -0.4 is 5.32 Å². The molecular weight excluding hydrogens is 355 g/mol. The van der Waals surface area contributed by atoms with Gasteiger partial charge in [-0.25, -0.2) is 9.78 Å². The first-order chi connectivity index (χ1) is 9.05. The van der Waals surface area contributed by atoms with Gasteiger partial charge < -0.3 is 5.11 Å². The fraction of sp³-hybridized carbons (Fsp3) is 0.125. The highest BCUT2D eigenvalue weighted by Crippen LogP contribution is 2.33. The molecule has 0 atom stereocenters. The van der Waals surface area contributed by atoms with Crippen molar-refractivity contribution in [1.82, 2.24) is 4.98 Å². The van der Waals surface area contributed by atoms with Gasteiger partial charge in [0.25, 0.3) is 0 Å². The molecule has 1 aromatic heterocycles. The van der Waals surface area contributed by atoms with Crippen LogP contribution in [0.3, 0.4) is 0 Å². The number of hydrogen-bond donors (Lipinski definition) is 2. The van der Waals surface area contributed by atoms with Crippen molar-refractivity contribution in [1.29, 1.82) is 0 Å². The van der Waals surface area contributed by atoms with Crippen LogP contribution in [0.2, 0.25) is 0 Å². The van der Waals surface area contributed by atoms with Gasteiger partial charge in [0.15, 0.2) is 5.56 Å². The van der Waals surface area contributed by atoms with Crippen molar-refractivity contribution in [2.45, 2.75) is 6.18 Å². The van der Waals surface area contributed by atoms with Gasteiger partial charge in [-0.2, -0.15) is 13.2 Å². The van der Waals surface area contributed by atoms with Crippen LogP contribution in [0.4, 0.5) is 24.7 Å². The summed E-state index contributed by atoms with van der Waals surface area (Å²) in [5.41, 5.74) is -2.19. The number of nitrogens with zero attached hydrogens (tertiary/aromatic N) is 2. The summed E-state index contributed by atoms with van der Waals surface area (Å²) < 4.78 is 35.9. The third kappa shape index (κ3) is 3.20. The summed E-state index contributed by atoms with van der Waals surface area (Å²) in [6.45, 7) is 0. The largest absolute Gasteiger partial charge is 0.477 e. The second-order valence-corrected chi connectivity index (χ2v) is 4.05. The Morgan fingerprint density at radius 2 is 2.00 bits per heavy atom. The third-order valence-electron chi connectivity index (χ3n) is 1.89. The Hall–Kier alpha value is -2.24. The van der Waals surface area contributed by atoms with E-state index in [9.17, 15) is 32.9 Å². The number of carboxylic acid groups (broad SMARTS) is 1. The number of alkyl halides is 3. The average molecular weight is 358 g/mol. The van der Waals surface area contributed by atoms with Gasteiger partial charge in [0.1, 0.15) is 0 Å². The van der Waals surface area contributed by atoms with E-state index in [4.69, 9.17) is 5.11 Å². The van der Waals surface area contributed by atoms with Gasteiger partial charge in [0.2, 0.25) is 5.82 Å². The van der Waals surface area contributed by atoms with Crippen LogP contribution in [-0.4, -0.2) is 33.1 Å². The molecule has 0 aliphatic heterocycles. The second kappa shape index (κ2) is 5.40. The number of nitro groups is 1. The molecule has 1 amide bonds. The zero-order valence-electron chi connectivity index (χ0n) is 9.06. The summed E-state index contributed by atoms with van der Waals surface area (Å²) in [4.78, 5) is 34.3. The maximum atomic E-state index is 12.1. The Bertz CT molecular complexity index is 604. The minimum absolute atomic E-state index is 0.318. The molecule has 0 saturated carbocycles. The van der Waals surface area contributed by atoms with Crippen molar-refractivity contribution in [3.8, 4) is 0 Å². The molecule has 20 heavy (non-hydrogen) atoms. The lowest BCUT2D eigenvalue weighted by atomic mass is 10.2. The highest BCUT2D eigenvalue weighted by molar-refractivity contribution is 9.10. The van der Waals surface area contributed by atoms with Gasteiger partial charge in [-0.05, 0) is 15.9 Å². The van der Waals surface area contributed by atoms with Crippen LogP contribution in [0.25, 0.3) is 0 Å². The summed E-state index contributed by atoms with van der Waals surface area (Å²) >= 11 is 2.67. The number of carbonyl (C=O) groups is 2. The van der Waals surface area contributed by atoms with Crippen LogP contribution in [0.15, 0.2) is 10.7 Å². The zero-order valence-corrected chi connectivity index (χ0v) is 10.6. The lowest BCUT2D eigenvalue weighted by molar-refractivity contribution is -0.384. The van der Waals surface area contributed by atoms with Crippen molar-refractivity contribution in [2.24, 2.45) is 0 Å². The molecule has 0 fully saturated rings. The van der Waals surface area contributed by atoms with E-state index >= 15 is 0 Å². The first-order valence-corrected chi connectivity index (χ1v) is 5.29. The van der Waals surface area contributed by atoms with Gasteiger partial charge in [0.05, 0.1) is 9.40 Å². The Balaban J connectivity index is 3.42. The quantitative estimate of drug-likeness (QED) is 0.629. The maximum Gasteiger partial charge on any atom is 0.471 e. The van der Waals surface area contributed by atoms with Crippen LogP contribution in [-0.2, 0) is 4.79 Å². The second-order valence-electron chi connectivity index (χ2n) is 3.19. The first kappa shape index (κ1) is 15.8. The smallest absolute Gasteiger partial charge is 0.471 e. The van der Waals surface area contributed by atoms with E-state index in [1.165, 1.54) is 0 Å². The van der Waals surface area contributed by atoms with Gasteiger partial charge >= 0.3 is 23.7 Å². The first-order valence-electron chi connectivity index (χ1n) is 4.50. The van der Waals surface area contributed by atoms with E-state index in [2.05, 4.69) is 20.9 Å². The number of carbonyl (C=O) groups excluding carboxylic acids is 1. The van der Waals surface area contributed by atoms with Gasteiger partial charge in [0, 0.05) is 6.20 Å². The molecule has 0 aliphatic carbocycles. The van der Waals surface area contributed by atoms with Crippen molar-refractivity contribution >= 4 is 39.3 Å². The fourth-order valence-electron chi connectivity index (χ4n) is 1.13. The topological polar surface area (TPSA) is 122 Å². The van der Waals surface area contributed by atoms with Crippen LogP contribution >= 0.6 is 15.9 Å². The monoisotopic (exact) mass is 357 g/mol. The number of aromatic carboxylic acids is 1. The molecule has 1 aromatic rings. The number of pyridine rings is 1. The maximum absolute atomic E-state index is 12.1. The van der Waals surface area contributed by atoms with Crippen LogP contribution in [0.1, 0.15) is 10.4 Å². The van der Waals surface area contributed by atoms with E-state index < -0.39 is 40.0 Å². The van der Waals surface area contributed by atoms with Crippen molar-refractivity contribution in [2.75, 3.05) is 5.32 Å². The van der Waals surface area contributed by atoms with Crippen molar-refractivity contribution in [3.05, 3.63) is 26.3 Å². The summed E-state index contributed by atoms with van der Waals surface area (Å²) in [6, 6.07) is 0. The number of hydrogen-bond acceptors (Lipinski definition) is 5. The predicted molar refractivity (Wildman–Crippen MR) is 60.2 cm³/mol. The highest BCUT2D eigenvalue weighted by Gasteiger charge is 2.41. The van der Waals surface area contributed by atoms with Crippen molar-refractivity contribution in [3.63, 3.8) is 0 Å². The van der Waals surface area contributed by atoms with Crippen molar-refractivity contribution < 1.29 is 32.8 Å². The SMILES string of the molecule is O=C(O)c1c(Br)cnc(NC(=O)C(F)(F)F)c1[N+](=O)[O-]. The highest BCUT2D eigenvalue weighted by atomic mass is 79.9. The number of rotatable bonds is 3. The van der Waals surface area contributed by atoms with E-state index in [1.54, 1.807) is 0 Å². The molecule has 0 radical (unpaired) electrons. The third-order valence-corrected chi connectivity index (χ3v) is 2.49. The summed E-state index contributed by atoms with van der Waals surface area (Å²) in [6.07, 6.45) is -4.57. The molecule has 0 aliphatic rings. The Labute approximate surface area is 115 Å². The molecule has 1 heterocycles. The normalized spacial score (nSPS) is 11.0. The summed E-state index contributed by atoms with van der Waals surface area (Å²) in [7, 11) is 0. The molecule has 0 bridgehead atoms. The number of halogens is 4. The molecule has 2 N–H and O–H groups in total. The molecule has 0 unspecified atom stereocenters. The number of nitrogens with one attached hydrogen (secondary N) is 1. The molecule has 0 spiro atoms. The molecular formula is C8H3BrF3N3O5. The fourth-order valence-corrected chi connectivity index (χ4v) is 1.59. The molecule has 108 valence electrons.